The highest BCUT2D eigenvalue weighted by atomic mass is 19.1. The lowest BCUT2D eigenvalue weighted by molar-refractivity contribution is -0.130. The summed E-state index contributed by atoms with van der Waals surface area (Å²) in [4.78, 5) is 17.4. The molecule has 0 saturated carbocycles. The number of methoxy groups -OCH3 is 2. The molecule has 0 radical (unpaired) electrons. The number of benzene rings is 3. The average molecular weight is 579 g/mol. The van der Waals surface area contributed by atoms with Crippen molar-refractivity contribution in [3.05, 3.63) is 94.6 Å². The van der Waals surface area contributed by atoms with E-state index >= 15 is 0 Å². The van der Waals surface area contributed by atoms with Gasteiger partial charge in [0.2, 0.25) is 5.91 Å². The van der Waals surface area contributed by atoms with Crippen LogP contribution >= 0.6 is 0 Å². The zero-order valence-corrected chi connectivity index (χ0v) is 25.4. The normalized spacial score (nSPS) is 15.0. The first kappa shape index (κ1) is 31.5. The molecule has 0 bridgehead atoms. The summed E-state index contributed by atoms with van der Waals surface area (Å²) >= 11 is 0. The van der Waals surface area contributed by atoms with Crippen molar-refractivity contribution in [2.24, 2.45) is 5.92 Å². The number of hydrogen-bond donors (Lipinski definition) is 0. The third kappa shape index (κ3) is 8.31. The van der Waals surface area contributed by atoms with Crippen LogP contribution in [0.3, 0.4) is 0 Å². The van der Waals surface area contributed by atoms with E-state index in [9.17, 15) is 13.6 Å². The second kappa shape index (κ2) is 15.1. The molecule has 7 heteroatoms. The number of hydrogen-bond acceptors (Lipinski definition) is 4. The molecule has 5 nitrogen and oxygen atoms in total. The van der Waals surface area contributed by atoms with Gasteiger partial charge in [-0.2, -0.15) is 0 Å². The zero-order valence-electron chi connectivity index (χ0n) is 25.4. The van der Waals surface area contributed by atoms with Crippen molar-refractivity contribution < 1.29 is 23.0 Å². The summed E-state index contributed by atoms with van der Waals surface area (Å²) in [6.07, 6.45) is 4.83. The van der Waals surface area contributed by atoms with Crippen molar-refractivity contribution in [3.63, 3.8) is 0 Å². The van der Waals surface area contributed by atoms with Crippen molar-refractivity contribution in [1.29, 1.82) is 0 Å². The highest BCUT2D eigenvalue weighted by molar-refractivity contribution is 5.76. The lowest BCUT2D eigenvalue weighted by Crippen LogP contribution is -2.31. The van der Waals surface area contributed by atoms with E-state index in [1.807, 2.05) is 4.90 Å². The molecule has 1 saturated heterocycles. The van der Waals surface area contributed by atoms with Gasteiger partial charge >= 0.3 is 0 Å². The number of unbranched alkanes of at least 4 members (excludes halogenated alkanes) is 1. The molecule has 0 aliphatic carbocycles. The Morgan fingerprint density at radius 3 is 2.05 bits per heavy atom. The van der Waals surface area contributed by atoms with Crippen LogP contribution in [0.1, 0.15) is 67.2 Å². The fourth-order valence-corrected chi connectivity index (χ4v) is 6.20. The predicted molar refractivity (Wildman–Crippen MR) is 163 cm³/mol. The molecule has 1 amide bonds. The first-order valence-corrected chi connectivity index (χ1v) is 15.0. The molecule has 0 N–H and O–H groups in total. The van der Waals surface area contributed by atoms with Gasteiger partial charge in [-0.3, -0.25) is 4.79 Å². The Bertz CT molecular complexity index is 1230. The molecule has 226 valence electrons. The van der Waals surface area contributed by atoms with Crippen molar-refractivity contribution in [2.75, 3.05) is 40.9 Å². The molecular formula is C35H44F2N2O3. The van der Waals surface area contributed by atoms with E-state index in [1.54, 1.807) is 38.5 Å². The van der Waals surface area contributed by atoms with Crippen molar-refractivity contribution in [2.45, 2.75) is 57.9 Å². The average Bonchev–Trinajstić information content (AvgIpc) is 3.46. The molecule has 4 rings (SSSR count). The minimum absolute atomic E-state index is 0.0334. The molecule has 0 spiro atoms. The van der Waals surface area contributed by atoms with E-state index in [0.717, 1.165) is 92.0 Å². The largest absolute Gasteiger partial charge is 0.496 e. The van der Waals surface area contributed by atoms with Gasteiger partial charge in [0.05, 0.1) is 14.2 Å². The highest BCUT2D eigenvalue weighted by Crippen LogP contribution is 2.32. The van der Waals surface area contributed by atoms with Crippen LogP contribution in [0.25, 0.3) is 0 Å². The summed E-state index contributed by atoms with van der Waals surface area (Å²) in [5.41, 5.74) is 4.23. The van der Waals surface area contributed by atoms with E-state index < -0.39 is 0 Å². The fourth-order valence-electron chi connectivity index (χ4n) is 6.20. The Morgan fingerprint density at radius 1 is 0.952 bits per heavy atom. The molecule has 1 fully saturated rings. The Kier molecular flexibility index (Phi) is 11.4. The number of carbonyl (C=O) groups excluding carboxylic acids is 1. The number of likely N-dealkylation sites (tertiary alicyclic amines) is 1. The summed E-state index contributed by atoms with van der Waals surface area (Å²) in [6.45, 7) is 5.39. The van der Waals surface area contributed by atoms with Gasteiger partial charge < -0.3 is 19.3 Å². The molecule has 1 atom stereocenters. The summed E-state index contributed by atoms with van der Waals surface area (Å²) in [6, 6.07) is 17.2. The minimum Gasteiger partial charge on any atom is -0.496 e. The maximum absolute atomic E-state index is 13.5. The molecule has 1 heterocycles. The minimum atomic E-state index is -0.275. The van der Waals surface area contributed by atoms with Gasteiger partial charge in [-0.25, -0.2) is 8.78 Å². The van der Waals surface area contributed by atoms with Gasteiger partial charge in [-0.1, -0.05) is 37.6 Å². The van der Waals surface area contributed by atoms with Crippen molar-refractivity contribution in [1.82, 2.24) is 9.80 Å². The van der Waals surface area contributed by atoms with E-state index in [1.165, 1.54) is 24.3 Å². The van der Waals surface area contributed by atoms with Gasteiger partial charge in [0.1, 0.15) is 23.1 Å². The zero-order chi connectivity index (χ0) is 30.1. The van der Waals surface area contributed by atoms with E-state index in [4.69, 9.17) is 9.47 Å². The van der Waals surface area contributed by atoms with Crippen LogP contribution in [-0.2, 0) is 17.8 Å². The number of halogens is 2. The molecule has 3 aromatic rings. The number of amides is 1. The molecule has 1 unspecified atom stereocenters. The van der Waals surface area contributed by atoms with Crippen molar-refractivity contribution >= 4 is 5.91 Å². The Hall–Kier alpha value is -3.45. The number of rotatable bonds is 14. The summed E-state index contributed by atoms with van der Waals surface area (Å²) in [5, 5.41) is 0. The Labute approximate surface area is 249 Å². The first-order chi connectivity index (χ1) is 20.3. The smallest absolute Gasteiger partial charge is 0.222 e. The van der Waals surface area contributed by atoms with Gasteiger partial charge in [-0.05, 0) is 91.7 Å². The van der Waals surface area contributed by atoms with Crippen LogP contribution in [0.15, 0.2) is 60.7 Å². The van der Waals surface area contributed by atoms with Crippen LogP contribution in [0, 0.1) is 17.6 Å². The first-order valence-electron chi connectivity index (χ1n) is 15.0. The second-order valence-corrected chi connectivity index (χ2v) is 11.4. The lowest BCUT2D eigenvalue weighted by Gasteiger charge is -2.23. The van der Waals surface area contributed by atoms with Gasteiger partial charge in [0.25, 0.3) is 0 Å². The number of ether oxygens (including phenoxy) is 2. The van der Waals surface area contributed by atoms with Gasteiger partial charge in [-0.15, -0.1) is 0 Å². The second-order valence-electron chi connectivity index (χ2n) is 11.4. The van der Waals surface area contributed by atoms with E-state index in [0.29, 0.717) is 12.3 Å². The molecule has 3 aromatic carbocycles. The molecule has 1 aliphatic rings. The molecule has 42 heavy (non-hydrogen) atoms. The summed E-state index contributed by atoms with van der Waals surface area (Å²) < 4.78 is 38.3. The third-order valence-corrected chi connectivity index (χ3v) is 8.36. The summed E-state index contributed by atoms with van der Waals surface area (Å²) in [5.74, 6) is 1.86. The Morgan fingerprint density at radius 2 is 1.52 bits per heavy atom. The molecule has 1 aliphatic heterocycles. The quantitative estimate of drug-likeness (QED) is 0.190. The van der Waals surface area contributed by atoms with Crippen LogP contribution < -0.4 is 9.47 Å². The van der Waals surface area contributed by atoms with Gasteiger partial charge in [0.15, 0.2) is 0 Å². The van der Waals surface area contributed by atoms with E-state index in [-0.39, 0.29) is 23.5 Å². The predicted octanol–water partition coefficient (Wildman–Crippen LogP) is 7.22. The maximum atomic E-state index is 13.5. The SMILES string of the molecule is CCc1c(OC)cc(CN(C)CC2CCN(C(=O)CCCCC(c3ccc(F)cc3)c3ccc(F)cc3)C2)cc1OC. The number of carbonyl (C=O) groups is 1. The van der Waals surface area contributed by atoms with Crippen LogP contribution in [0.4, 0.5) is 8.78 Å². The number of nitrogens with zero attached hydrogens (tertiary/aromatic N) is 2. The topological polar surface area (TPSA) is 42.0 Å². The third-order valence-electron chi connectivity index (χ3n) is 8.36. The fraction of sp³-hybridized carbons (Fsp3) is 0.457. The van der Waals surface area contributed by atoms with Crippen LogP contribution in [-0.4, -0.2) is 56.6 Å². The van der Waals surface area contributed by atoms with Crippen molar-refractivity contribution in [3.8, 4) is 11.5 Å². The van der Waals surface area contributed by atoms with E-state index in [2.05, 4.69) is 31.0 Å². The monoisotopic (exact) mass is 578 g/mol. The highest BCUT2D eigenvalue weighted by Gasteiger charge is 2.27. The Balaban J connectivity index is 1.24. The van der Waals surface area contributed by atoms with Gasteiger partial charge in [0, 0.05) is 44.1 Å². The van der Waals surface area contributed by atoms with Crippen LogP contribution in [0.5, 0.6) is 11.5 Å². The standard InChI is InChI=1S/C35H44F2N2O3/c1-5-31-33(41-3)20-26(21-34(31)42-4)23-38(2)22-25-18-19-39(24-25)35(40)9-7-6-8-32(27-10-14-29(36)15-11-27)28-12-16-30(37)17-13-28/h10-17,20-21,25,32H,5-9,18-19,22-24H2,1-4H3. The summed E-state index contributed by atoms with van der Waals surface area (Å²) in [7, 11) is 5.51. The molecular weight excluding hydrogens is 534 g/mol. The maximum Gasteiger partial charge on any atom is 0.222 e. The lowest BCUT2D eigenvalue weighted by atomic mass is 9.87. The molecule has 0 aromatic heterocycles. The van der Waals surface area contributed by atoms with Crippen LogP contribution in [0.2, 0.25) is 0 Å².